The first kappa shape index (κ1) is 7.11. The van der Waals surface area contributed by atoms with Crippen molar-refractivity contribution in [2.24, 2.45) is 11.0 Å². The molecule has 0 radical (unpaired) electrons. The summed E-state index contributed by atoms with van der Waals surface area (Å²) < 4.78 is 14.6. The number of nitrogens with two attached hydrogens (primary N) is 2. The zero-order valence-electron chi connectivity index (χ0n) is 4.13. The predicted molar refractivity (Wildman–Crippen MR) is 27.9 cm³/mol. The van der Waals surface area contributed by atoms with Crippen molar-refractivity contribution in [2.45, 2.75) is 0 Å². The third kappa shape index (κ3) is 6.11. The third-order valence-corrected chi connectivity index (χ3v) is 0.993. The standard InChI is InChI=1S/C2H9N2O2P/c1-6-2-7(3,4)5/h2H2,1H3,(H4,3,4,5). The molecule has 7 heavy (non-hydrogen) atoms. The maximum absolute atomic E-state index is 10.2. The normalized spacial score (nSPS) is 11.9. The van der Waals surface area contributed by atoms with E-state index in [0.29, 0.717) is 0 Å². The molecule has 0 aliphatic carbocycles. The zero-order valence-corrected chi connectivity index (χ0v) is 5.02. The fourth-order valence-corrected chi connectivity index (χ4v) is 0.605. The molecule has 0 aromatic carbocycles. The van der Waals surface area contributed by atoms with Gasteiger partial charge in [0.2, 0.25) is 7.44 Å². The van der Waals surface area contributed by atoms with Gasteiger partial charge in [0.25, 0.3) is 0 Å². The molecule has 0 spiro atoms. The molecular formula is C2H9N2O2P. The lowest BCUT2D eigenvalue weighted by atomic mass is 11.5. The Kier molecular flexibility index (Phi) is 2.46. The third-order valence-electron chi connectivity index (χ3n) is 0.331. The first-order valence-electron chi connectivity index (χ1n) is 1.71. The highest BCUT2D eigenvalue weighted by Gasteiger charge is 2.04. The fraction of sp³-hybridized carbons (Fsp3) is 1.00. The van der Waals surface area contributed by atoms with Gasteiger partial charge in [0.15, 0.2) is 0 Å². The highest BCUT2D eigenvalue weighted by molar-refractivity contribution is 7.58. The van der Waals surface area contributed by atoms with Gasteiger partial charge < -0.3 is 4.74 Å². The van der Waals surface area contributed by atoms with E-state index in [2.05, 4.69) is 4.74 Å². The van der Waals surface area contributed by atoms with Crippen molar-refractivity contribution in [3.8, 4) is 0 Å². The van der Waals surface area contributed by atoms with Gasteiger partial charge >= 0.3 is 0 Å². The van der Waals surface area contributed by atoms with Crippen molar-refractivity contribution in [3.05, 3.63) is 0 Å². The van der Waals surface area contributed by atoms with E-state index in [1.807, 2.05) is 0 Å². The molecule has 0 rings (SSSR count). The maximum Gasteiger partial charge on any atom is 0.231 e. The quantitative estimate of drug-likeness (QED) is 0.495. The summed E-state index contributed by atoms with van der Waals surface area (Å²) in [6.07, 6.45) is -0.0486. The first-order chi connectivity index (χ1) is 3.06. The molecule has 44 valence electrons. The van der Waals surface area contributed by atoms with Crippen LogP contribution in [0.2, 0.25) is 0 Å². The summed E-state index contributed by atoms with van der Waals surface area (Å²) in [6, 6.07) is 0. The Morgan fingerprint density at radius 1 is 1.71 bits per heavy atom. The van der Waals surface area contributed by atoms with E-state index in [0.717, 1.165) is 0 Å². The van der Waals surface area contributed by atoms with Gasteiger partial charge in [-0.05, 0) is 0 Å². The lowest BCUT2D eigenvalue weighted by Crippen LogP contribution is -2.09. The summed E-state index contributed by atoms with van der Waals surface area (Å²) >= 11 is 0. The van der Waals surface area contributed by atoms with E-state index in [4.69, 9.17) is 11.0 Å². The molecule has 0 unspecified atom stereocenters. The molecule has 0 fully saturated rings. The Bertz CT molecular complexity index is 87.7. The topological polar surface area (TPSA) is 78.3 Å². The molecule has 4 nitrogen and oxygen atoms in total. The largest absolute Gasteiger partial charge is 0.374 e. The minimum atomic E-state index is -2.89. The van der Waals surface area contributed by atoms with E-state index < -0.39 is 7.44 Å². The van der Waals surface area contributed by atoms with Crippen LogP contribution in [0.5, 0.6) is 0 Å². The van der Waals surface area contributed by atoms with Gasteiger partial charge in [0, 0.05) is 7.11 Å². The molecule has 0 amide bonds. The molecule has 0 saturated heterocycles. The first-order valence-corrected chi connectivity index (χ1v) is 3.74. The number of methoxy groups -OCH3 is 1. The van der Waals surface area contributed by atoms with Crippen molar-refractivity contribution in [3.63, 3.8) is 0 Å². The fourth-order valence-electron chi connectivity index (χ4n) is 0.202. The van der Waals surface area contributed by atoms with Gasteiger partial charge in [-0.2, -0.15) is 0 Å². The lowest BCUT2D eigenvalue weighted by Gasteiger charge is -2.00. The summed E-state index contributed by atoms with van der Waals surface area (Å²) in [7, 11) is -1.49. The van der Waals surface area contributed by atoms with Crippen LogP contribution in [0.15, 0.2) is 0 Å². The van der Waals surface area contributed by atoms with Crippen molar-refractivity contribution in [1.29, 1.82) is 0 Å². The van der Waals surface area contributed by atoms with Crippen molar-refractivity contribution in [1.82, 2.24) is 0 Å². The molecule has 5 heteroatoms. The molecule has 0 aromatic heterocycles. The van der Waals surface area contributed by atoms with Crippen LogP contribution in [0.25, 0.3) is 0 Å². The summed E-state index contributed by atoms with van der Waals surface area (Å²) in [5.74, 6) is 0. The second-order valence-electron chi connectivity index (χ2n) is 1.27. The van der Waals surface area contributed by atoms with Crippen LogP contribution in [0, 0.1) is 0 Å². The minimum Gasteiger partial charge on any atom is -0.374 e. The van der Waals surface area contributed by atoms with Crippen LogP contribution in [0.3, 0.4) is 0 Å². The van der Waals surface area contributed by atoms with Gasteiger partial charge in [0.05, 0.1) is 0 Å². The lowest BCUT2D eigenvalue weighted by molar-refractivity contribution is 0.248. The van der Waals surface area contributed by atoms with Crippen molar-refractivity contribution in [2.75, 3.05) is 13.5 Å². The van der Waals surface area contributed by atoms with Crippen LogP contribution in [0.1, 0.15) is 0 Å². The Morgan fingerprint density at radius 2 is 2.14 bits per heavy atom. The SMILES string of the molecule is COCP(N)(N)=O. The smallest absolute Gasteiger partial charge is 0.231 e. The summed E-state index contributed by atoms with van der Waals surface area (Å²) in [6.45, 7) is 0. The number of hydrogen-bond acceptors (Lipinski definition) is 2. The Labute approximate surface area is 42.3 Å². The number of rotatable bonds is 2. The molecule has 0 aromatic rings. The molecule has 0 aliphatic heterocycles. The number of hydrogen-bond donors (Lipinski definition) is 2. The van der Waals surface area contributed by atoms with Crippen LogP contribution < -0.4 is 11.0 Å². The highest BCUT2D eigenvalue weighted by Crippen LogP contribution is 2.22. The Hall–Kier alpha value is 0.110. The average Bonchev–Trinajstić information content (AvgIpc) is 1.30. The minimum absolute atomic E-state index is 0.0486. The second kappa shape index (κ2) is 2.43. The average molecular weight is 124 g/mol. The van der Waals surface area contributed by atoms with E-state index in [-0.39, 0.29) is 6.35 Å². The van der Waals surface area contributed by atoms with Gasteiger partial charge in [-0.25, -0.2) is 0 Å². The van der Waals surface area contributed by atoms with E-state index in [9.17, 15) is 4.57 Å². The highest BCUT2D eigenvalue weighted by atomic mass is 31.2. The molecule has 0 heterocycles. The van der Waals surface area contributed by atoms with Crippen LogP contribution in [-0.2, 0) is 9.30 Å². The second-order valence-corrected chi connectivity index (χ2v) is 3.24. The summed E-state index contributed by atoms with van der Waals surface area (Å²) in [5, 5.41) is 0. The summed E-state index contributed by atoms with van der Waals surface area (Å²) in [5.41, 5.74) is 9.71. The number of ether oxygens (including phenoxy) is 1. The molecule has 0 saturated carbocycles. The molecule has 4 N–H and O–H groups in total. The van der Waals surface area contributed by atoms with Gasteiger partial charge in [-0.1, -0.05) is 0 Å². The van der Waals surface area contributed by atoms with Crippen LogP contribution in [-0.4, -0.2) is 13.5 Å². The van der Waals surface area contributed by atoms with E-state index in [1.165, 1.54) is 7.11 Å². The predicted octanol–water partition coefficient (Wildman–Crippen LogP) is -0.299. The van der Waals surface area contributed by atoms with Crippen LogP contribution >= 0.6 is 7.44 Å². The molecular weight excluding hydrogens is 115 g/mol. The van der Waals surface area contributed by atoms with Gasteiger partial charge in [-0.15, -0.1) is 0 Å². The van der Waals surface area contributed by atoms with E-state index in [1.54, 1.807) is 0 Å². The van der Waals surface area contributed by atoms with Gasteiger partial charge in [0.1, 0.15) is 6.35 Å². The molecule has 0 bridgehead atoms. The van der Waals surface area contributed by atoms with Crippen molar-refractivity contribution < 1.29 is 9.30 Å². The monoisotopic (exact) mass is 124 g/mol. The zero-order chi connectivity index (χ0) is 5.91. The Morgan fingerprint density at radius 3 is 2.14 bits per heavy atom. The van der Waals surface area contributed by atoms with Crippen LogP contribution in [0.4, 0.5) is 0 Å². The summed E-state index contributed by atoms with van der Waals surface area (Å²) in [4.78, 5) is 0. The molecule has 0 atom stereocenters. The van der Waals surface area contributed by atoms with Crippen molar-refractivity contribution >= 4 is 7.44 Å². The molecule has 0 aliphatic rings. The van der Waals surface area contributed by atoms with Gasteiger partial charge in [-0.3, -0.25) is 15.6 Å². The Balaban J connectivity index is 3.36. The maximum atomic E-state index is 10.2. The van der Waals surface area contributed by atoms with E-state index >= 15 is 0 Å².